The molecular formula is C25H25NO5. The first-order chi connectivity index (χ1) is 14.8. The first kappa shape index (κ1) is 20.7. The van der Waals surface area contributed by atoms with E-state index in [1.807, 2.05) is 75.4 Å². The fourth-order valence-electron chi connectivity index (χ4n) is 3.89. The maximum Gasteiger partial charge on any atom is 0.421 e. The number of fused-ring (bicyclic) bond motifs is 3. The van der Waals surface area contributed by atoms with E-state index in [-0.39, 0.29) is 5.92 Å². The first-order valence-corrected chi connectivity index (χ1v) is 10.2. The van der Waals surface area contributed by atoms with Gasteiger partial charge in [0.2, 0.25) is 5.88 Å². The van der Waals surface area contributed by atoms with E-state index in [1.54, 1.807) is 0 Å². The van der Waals surface area contributed by atoms with Gasteiger partial charge in [-0.3, -0.25) is 0 Å². The summed E-state index contributed by atoms with van der Waals surface area (Å²) in [5.74, 6) is 0.186. The molecule has 0 amide bonds. The number of para-hydroxylation sites is 1. The van der Waals surface area contributed by atoms with Gasteiger partial charge in [0, 0.05) is 23.3 Å². The van der Waals surface area contributed by atoms with Crippen molar-refractivity contribution in [3.8, 4) is 5.88 Å². The molecule has 0 spiro atoms. The Bertz CT molecular complexity index is 1170. The summed E-state index contributed by atoms with van der Waals surface area (Å²) >= 11 is 0. The summed E-state index contributed by atoms with van der Waals surface area (Å²) in [6.07, 6.45) is 1.26. The number of carbonyl (C=O) groups is 2. The zero-order chi connectivity index (χ0) is 22.2. The number of hydrogen-bond donors (Lipinski definition) is 0. The van der Waals surface area contributed by atoms with Crippen LogP contribution < -0.4 is 4.74 Å². The van der Waals surface area contributed by atoms with Gasteiger partial charge in [0.25, 0.3) is 0 Å². The molecular weight excluding hydrogens is 394 g/mol. The van der Waals surface area contributed by atoms with Gasteiger partial charge < -0.3 is 14.2 Å². The molecule has 1 atom stereocenters. The maximum absolute atomic E-state index is 13.2. The Morgan fingerprint density at radius 1 is 1.06 bits per heavy atom. The first-order valence-electron chi connectivity index (χ1n) is 10.2. The molecule has 31 heavy (non-hydrogen) atoms. The third kappa shape index (κ3) is 4.06. The summed E-state index contributed by atoms with van der Waals surface area (Å²) in [4.78, 5) is 25.1. The minimum atomic E-state index is -0.673. The second kappa shape index (κ2) is 7.95. The number of carbonyl (C=O) groups excluding carboxylic acids is 2. The summed E-state index contributed by atoms with van der Waals surface area (Å²) in [6.45, 7) is 5.46. The molecule has 1 aliphatic rings. The minimum Gasteiger partial charge on any atom is -0.466 e. The van der Waals surface area contributed by atoms with Crippen LogP contribution in [0.4, 0.5) is 4.79 Å². The van der Waals surface area contributed by atoms with Gasteiger partial charge in [-0.25, -0.2) is 14.2 Å². The fourth-order valence-corrected chi connectivity index (χ4v) is 3.89. The van der Waals surface area contributed by atoms with Crippen molar-refractivity contribution in [1.82, 2.24) is 4.57 Å². The highest BCUT2D eigenvalue weighted by atomic mass is 16.6. The molecule has 0 bridgehead atoms. The number of allylic oxidation sites excluding steroid dienone is 1. The van der Waals surface area contributed by atoms with Crippen molar-refractivity contribution in [3.05, 3.63) is 77.6 Å². The van der Waals surface area contributed by atoms with Gasteiger partial charge in [-0.1, -0.05) is 48.5 Å². The van der Waals surface area contributed by atoms with Crippen LogP contribution >= 0.6 is 0 Å². The predicted octanol–water partition coefficient (Wildman–Crippen LogP) is 5.40. The van der Waals surface area contributed by atoms with Crippen molar-refractivity contribution in [3.63, 3.8) is 0 Å². The Hall–Kier alpha value is -3.54. The van der Waals surface area contributed by atoms with E-state index in [9.17, 15) is 9.59 Å². The van der Waals surface area contributed by atoms with Crippen molar-refractivity contribution < 1.29 is 23.8 Å². The van der Waals surface area contributed by atoms with Crippen LogP contribution in [0, 0.1) is 0 Å². The molecule has 0 N–H and O–H groups in total. The lowest BCUT2D eigenvalue weighted by molar-refractivity contribution is -0.135. The summed E-state index contributed by atoms with van der Waals surface area (Å²) < 4.78 is 18.0. The maximum atomic E-state index is 13.2. The highest BCUT2D eigenvalue weighted by Gasteiger charge is 2.35. The van der Waals surface area contributed by atoms with Gasteiger partial charge in [-0.15, -0.1) is 0 Å². The predicted molar refractivity (Wildman–Crippen MR) is 117 cm³/mol. The molecule has 0 fully saturated rings. The van der Waals surface area contributed by atoms with Crippen molar-refractivity contribution in [1.29, 1.82) is 0 Å². The Morgan fingerprint density at radius 3 is 2.42 bits per heavy atom. The van der Waals surface area contributed by atoms with Crippen LogP contribution in [0.25, 0.3) is 10.9 Å². The average molecular weight is 419 g/mol. The van der Waals surface area contributed by atoms with Crippen LogP contribution in [-0.4, -0.2) is 29.3 Å². The smallest absolute Gasteiger partial charge is 0.421 e. The normalized spacial score (nSPS) is 17.2. The van der Waals surface area contributed by atoms with E-state index in [1.165, 1.54) is 17.8 Å². The van der Waals surface area contributed by atoms with E-state index in [4.69, 9.17) is 14.2 Å². The van der Waals surface area contributed by atoms with Gasteiger partial charge in [0.1, 0.15) is 11.4 Å². The van der Waals surface area contributed by atoms with Crippen LogP contribution in [0.1, 0.15) is 44.2 Å². The number of aromatic nitrogens is 1. The molecule has 2 aromatic carbocycles. The van der Waals surface area contributed by atoms with Crippen LogP contribution in [0.3, 0.4) is 0 Å². The molecule has 1 aromatic heterocycles. The average Bonchev–Trinajstić information content (AvgIpc) is 3.06. The Kier molecular flexibility index (Phi) is 5.31. The molecule has 0 saturated carbocycles. The van der Waals surface area contributed by atoms with Crippen LogP contribution in [0.5, 0.6) is 5.88 Å². The molecule has 160 valence electrons. The molecule has 3 aromatic rings. The summed E-state index contributed by atoms with van der Waals surface area (Å²) in [7, 11) is 1.32. The van der Waals surface area contributed by atoms with E-state index >= 15 is 0 Å². The lowest BCUT2D eigenvalue weighted by Gasteiger charge is -2.27. The Morgan fingerprint density at radius 2 is 1.74 bits per heavy atom. The Labute approximate surface area is 181 Å². The number of nitrogens with zero attached hydrogens (tertiary/aromatic N) is 1. The molecule has 1 aliphatic heterocycles. The van der Waals surface area contributed by atoms with E-state index in [0.29, 0.717) is 23.6 Å². The summed E-state index contributed by atoms with van der Waals surface area (Å²) in [5.41, 5.74) is 1.99. The molecule has 6 nitrogen and oxygen atoms in total. The molecule has 1 unspecified atom stereocenters. The third-order valence-corrected chi connectivity index (χ3v) is 5.11. The second-order valence-corrected chi connectivity index (χ2v) is 8.45. The number of rotatable bonds is 2. The lowest BCUT2D eigenvalue weighted by atomic mass is 9.86. The summed E-state index contributed by atoms with van der Waals surface area (Å²) in [5, 5.41) is 0.911. The number of methoxy groups -OCH3 is 1. The number of benzene rings is 2. The SMILES string of the molecule is COC(=O)/C=C1\CC(c2ccccc2)c2c(n(C(=O)OC(C)(C)C)c3ccccc23)O1. The number of esters is 1. The molecule has 0 radical (unpaired) electrons. The van der Waals surface area contributed by atoms with Crippen molar-refractivity contribution in [2.24, 2.45) is 0 Å². The molecule has 6 heteroatoms. The molecule has 4 rings (SSSR count). The van der Waals surface area contributed by atoms with E-state index < -0.39 is 17.7 Å². The van der Waals surface area contributed by atoms with Crippen molar-refractivity contribution in [2.45, 2.75) is 38.7 Å². The lowest BCUT2D eigenvalue weighted by Crippen LogP contribution is -2.28. The second-order valence-electron chi connectivity index (χ2n) is 8.45. The van der Waals surface area contributed by atoms with Gasteiger partial charge in [0.15, 0.2) is 0 Å². The zero-order valence-corrected chi connectivity index (χ0v) is 18.0. The molecule has 0 aliphatic carbocycles. The van der Waals surface area contributed by atoms with E-state index in [2.05, 4.69) is 0 Å². The van der Waals surface area contributed by atoms with E-state index in [0.717, 1.165) is 16.5 Å². The van der Waals surface area contributed by atoms with Gasteiger partial charge in [-0.2, -0.15) is 0 Å². The van der Waals surface area contributed by atoms with Gasteiger partial charge in [-0.05, 0) is 32.4 Å². The highest BCUT2D eigenvalue weighted by molar-refractivity contribution is 5.96. The van der Waals surface area contributed by atoms with Gasteiger partial charge >= 0.3 is 12.1 Å². The molecule has 0 saturated heterocycles. The van der Waals surface area contributed by atoms with Crippen LogP contribution in [0.2, 0.25) is 0 Å². The number of hydrogen-bond acceptors (Lipinski definition) is 5. The zero-order valence-electron chi connectivity index (χ0n) is 18.0. The third-order valence-electron chi connectivity index (χ3n) is 5.11. The largest absolute Gasteiger partial charge is 0.466 e. The molecule has 2 heterocycles. The monoisotopic (exact) mass is 419 g/mol. The number of ether oxygens (including phenoxy) is 3. The standard InChI is InChI=1S/C25H25NO5/c1-25(2,3)31-24(28)26-20-13-9-8-12-18(20)22-19(16-10-6-5-7-11-16)14-17(30-23(22)26)15-21(27)29-4/h5-13,15,19H,14H2,1-4H3/b17-15+. The van der Waals surface area contributed by atoms with Gasteiger partial charge in [0.05, 0.1) is 18.7 Å². The van der Waals surface area contributed by atoms with Crippen molar-refractivity contribution >= 4 is 23.0 Å². The topological polar surface area (TPSA) is 66.8 Å². The quantitative estimate of drug-likeness (QED) is 0.411. The fraction of sp³-hybridized carbons (Fsp3) is 0.280. The highest BCUT2D eigenvalue weighted by Crippen LogP contribution is 2.47. The Balaban J connectivity index is 1.96. The minimum absolute atomic E-state index is 0.102. The van der Waals surface area contributed by atoms with Crippen molar-refractivity contribution in [2.75, 3.05) is 7.11 Å². The van der Waals surface area contributed by atoms with Crippen LogP contribution in [-0.2, 0) is 14.3 Å². The summed E-state index contributed by atoms with van der Waals surface area (Å²) in [6, 6.07) is 17.6. The van der Waals surface area contributed by atoms with Crippen LogP contribution in [0.15, 0.2) is 66.4 Å².